The molecule has 0 radical (unpaired) electrons. The third-order valence-electron chi connectivity index (χ3n) is 3.90. The third kappa shape index (κ3) is 2.11. The Morgan fingerprint density at radius 1 is 1.59 bits per heavy atom. The smallest absolute Gasteiger partial charge is 0.0887 e. The summed E-state index contributed by atoms with van der Waals surface area (Å²) in [5.74, 6) is 0. The van der Waals surface area contributed by atoms with Gasteiger partial charge in [-0.25, -0.2) is 0 Å². The zero-order valence-electron chi connectivity index (χ0n) is 11.1. The zero-order chi connectivity index (χ0) is 12.3. The van der Waals surface area contributed by atoms with Crippen molar-refractivity contribution in [3.8, 4) is 0 Å². The Morgan fingerprint density at radius 3 is 2.82 bits per heavy atom. The van der Waals surface area contributed by atoms with E-state index in [9.17, 15) is 0 Å². The number of nitrogens with zero attached hydrogens (tertiary/aromatic N) is 2. The monoisotopic (exact) mass is 237 g/mol. The molecule has 0 spiro atoms. The first-order valence-corrected chi connectivity index (χ1v) is 6.51. The van der Waals surface area contributed by atoms with Crippen molar-refractivity contribution in [2.45, 2.75) is 50.8 Å². The Balaban J connectivity index is 2.25. The lowest BCUT2D eigenvalue weighted by Crippen LogP contribution is -2.50. The molecule has 2 rings (SSSR count). The van der Waals surface area contributed by atoms with Crippen molar-refractivity contribution in [2.75, 3.05) is 14.2 Å². The van der Waals surface area contributed by atoms with Crippen LogP contribution in [0.5, 0.6) is 0 Å². The van der Waals surface area contributed by atoms with Crippen LogP contribution in [-0.4, -0.2) is 29.5 Å². The normalized spacial score (nSPS) is 19.9. The maximum Gasteiger partial charge on any atom is 0.0887 e. The van der Waals surface area contributed by atoms with Crippen LogP contribution in [0.3, 0.4) is 0 Å². The molecule has 1 aromatic heterocycles. The van der Waals surface area contributed by atoms with E-state index in [1.54, 1.807) is 0 Å². The average Bonchev–Trinajstić information content (AvgIpc) is 2.72. The molecule has 1 saturated carbocycles. The Labute approximate surface area is 103 Å². The summed E-state index contributed by atoms with van der Waals surface area (Å²) in [5, 5.41) is 7.81. The first-order valence-electron chi connectivity index (χ1n) is 6.51. The van der Waals surface area contributed by atoms with Gasteiger partial charge in [0.2, 0.25) is 0 Å². The summed E-state index contributed by atoms with van der Waals surface area (Å²) >= 11 is 0. The molecule has 1 heterocycles. The van der Waals surface area contributed by atoms with E-state index in [2.05, 4.69) is 28.1 Å². The predicted octanol–water partition coefficient (Wildman–Crippen LogP) is 2.12. The molecule has 0 aliphatic heterocycles. The van der Waals surface area contributed by atoms with Gasteiger partial charge in [0.25, 0.3) is 0 Å². The summed E-state index contributed by atoms with van der Waals surface area (Å²) < 4.78 is 7.88. The van der Waals surface area contributed by atoms with Crippen LogP contribution in [0.4, 0.5) is 0 Å². The maximum atomic E-state index is 5.78. The molecule has 1 aromatic rings. The molecular formula is C13H23N3O. The van der Waals surface area contributed by atoms with Crippen LogP contribution in [0.15, 0.2) is 12.3 Å². The van der Waals surface area contributed by atoms with E-state index in [-0.39, 0.29) is 11.6 Å². The highest BCUT2D eigenvalue weighted by atomic mass is 16.5. The molecule has 1 unspecified atom stereocenters. The number of likely N-dealkylation sites (N-methyl/N-ethyl adjacent to an activating group) is 1. The topological polar surface area (TPSA) is 39.1 Å². The van der Waals surface area contributed by atoms with Crippen LogP contribution in [0, 0.1) is 0 Å². The van der Waals surface area contributed by atoms with Crippen molar-refractivity contribution >= 4 is 0 Å². The number of hydrogen-bond acceptors (Lipinski definition) is 3. The van der Waals surface area contributed by atoms with Crippen LogP contribution in [0.25, 0.3) is 0 Å². The fraction of sp³-hybridized carbons (Fsp3) is 0.769. The average molecular weight is 237 g/mol. The van der Waals surface area contributed by atoms with Crippen LogP contribution >= 0.6 is 0 Å². The van der Waals surface area contributed by atoms with Gasteiger partial charge < -0.3 is 10.1 Å². The van der Waals surface area contributed by atoms with Gasteiger partial charge in [-0.15, -0.1) is 0 Å². The van der Waals surface area contributed by atoms with Crippen LogP contribution in [0.2, 0.25) is 0 Å². The molecule has 1 N–H and O–H groups in total. The number of aromatic nitrogens is 2. The fourth-order valence-corrected chi connectivity index (χ4v) is 2.80. The lowest BCUT2D eigenvalue weighted by molar-refractivity contribution is -0.100. The number of hydrogen-bond donors (Lipinski definition) is 1. The number of nitrogens with one attached hydrogen (secondary N) is 1. The van der Waals surface area contributed by atoms with E-state index >= 15 is 0 Å². The minimum Gasteiger partial charge on any atom is -0.376 e. The Morgan fingerprint density at radius 2 is 2.35 bits per heavy atom. The van der Waals surface area contributed by atoms with Crippen molar-refractivity contribution in [1.29, 1.82) is 0 Å². The van der Waals surface area contributed by atoms with Gasteiger partial charge in [-0.1, -0.05) is 6.92 Å². The quantitative estimate of drug-likeness (QED) is 0.823. The van der Waals surface area contributed by atoms with E-state index in [1.807, 2.05) is 20.4 Å². The lowest BCUT2D eigenvalue weighted by Gasteiger charge is -2.46. The van der Waals surface area contributed by atoms with Gasteiger partial charge in [0.05, 0.1) is 17.3 Å². The molecule has 0 amide bonds. The second-order valence-electron chi connectivity index (χ2n) is 4.82. The maximum absolute atomic E-state index is 5.78. The predicted molar refractivity (Wildman–Crippen MR) is 67.9 cm³/mol. The van der Waals surface area contributed by atoms with Gasteiger partial charge in [0.15, 0.2) is 0 Å². The van der Waals surface area contributed by atoms with Gasteiger partial charge >= 0.3 is 0 Å². The number of methoxy groups -OCH3 is 1. The summed E-state index contributed by atoms with van der Waals surface area (Å²) in [4.78, 5) is 0. The van der Waals surface area contributed by atoms with Gasteiger partial charge in [0.1, 0.15) is 0 Å². The molecule has 0 bridgehead atoms. The van der Waals surface area contributed by atoms with Crippen molar-refractivity contribution in [2.24, 2.45) is 0 Å². The largest absolute Gasteiger partial charge is 0.376 e. The minimum atomic E-state index is -0.0275. The molecule has 1 fully saturated rings. The third-order valence-corrected chi connectivity index (χ3v) is 3.90. The number of aryl methyl sites for hydroxylation is 1. The summed E-state index contributed by atoms with van der Waals surface area (Å²) in [6.07, 6.45) is 6.51. The van der Waals surface area contributed by atoms with Crippen molar-refractivity contribution in [3.05, 3.63) is 18.0 Å². The molecule has 1 atom stereocenters. The highest BCUT2D eigenvalue weighted by Gasteiger charge is 2.45. The molecular weight excluding hydrogens is 214 g/mol. The fourth-order valence-electron chi connectivity index (χ4n) is 2.80. The van der Waals surface area contributed by atoms with Gasteiger partial charge in [-0.2, -0.15) is 5.10 Å². The van der Waals surface area contributed by atoms with Crippen molar-refractivity contribution in [3.63, 3.8) is 0 Å². The standard InChI is InChI=1S/C13H23N3O/c1-4-10-16-11(6-9-15-16)12(14-2)13(17-3)7-5-8-13/h6,9,12,14H,4-5,7-8,10H2,1-3H3. The first kappa shape index (κ1) is 12.6. The molecule has 0 aromatic carbocycles. The molecule has 4 heteroatoms. The SMILES string of the molecule is CCCn1nccc1C(NC)C1(OC)CCC1. The minimum absolute atomic E-state index is 0.0275. The van der Waals surface area contributed by atoms with E-state index in [1.165, 1.54) is 12.1 Å². The van der Waals surface area contributed by atoms with E-state index in [4.69, 9.17) is 4.74 Å². The van der Waals surface area contributed by atoms with Crippen LogP contribution < -0.4 is 5.32 Å². The van der Waals surface area contributed by atoms with Gasteiger partial charge in [-0.3, -0.25) is 4.68 Å². The molecule has 1 aliphatic rings. The second-order valence-corrected chi connectivity index (χ2v) is 4.82. The van der Waals surface area contributed by atoms with Crippen LogP contribution in [0.1, 0.15) is 44.3 Å². The lowest BCUT2D eigenvalue weighted by atomic mass is 9.73. The van der Waals surface area contributed by atoms with E-state index in [0.717, 1.165) is 25.8 Å². The van der Waals surface area contributed by atoms with Crippen LogP contribution in [-0.2, 0) is 11.3 Å². The van der Waals surface area contributed by atoms with E-state index < -0.39 is 0 Å². The Bertz CT molecular complexity index is 352. The van der Waals surface area contributed by atoms with Gasteiger partial charge in [0, 0.05) is 19.9 Å². The molecule has 1 aliphatic carbocycles. The molecule has 96 valence electrons. The second kappa shape index (κ2) is 5.19. The first-order chi connectivity index (χ1) is 8.27. The highest BCUT2D eigenvalue weighted by molar-refractivity contribution is 5.16. The van der Waals surface area contributed by atoms with Crippen molar-refractivity contribution in [1.82, 2.24) is 15.1 Å². The summed E-state index contributed by atoms with van der Waals surface area (Å²) in [5.41, 5.74) is 1.22. The number of ether oxygens (including phenoxy) is 1. The highest BCUT2D eigenvalue weighted by Crippen LogP contribution is 2.44. The summed E-state index contributed by atoms with van der Waals surface area (Å²) in [6.45, 7) is 3.15. The molecule has 4 nitrogen and oxygen atoms in total. The summed E-state index contributed by atoms with van der Waals surface area (Å²) in [7, 11) is 3.83. The van der Waals surface area contributed by atoms with Crippen molar-refractivity contribution < 1.29 is 4.74 Å². The molecule has 17 heavy (non-hydrogen) atoms. The Kier molecular flexibility index (Phi) is 3.84. The van der Waals surface area contributed by atoms with E-state index in [0.29, 0.717) is 0 Å². The summed E-state index contributed by atoms with van der Waals surface area (Å²) in [6, 6.07) is 2.35. The van der Waals surface area contributed by atoms with Gasteiger partial charge in [-0.05, 0) is 38.8 Å². The number of rotatable bonds is 6. The molecule has 0 saturated heterocycles. The zero-order valence-corrected chi connectivity index (χ0v) is 11.1. The Hall–Kier alpha value is -0.870.